The van der Waals surface area contributed by atoms with E-state index in [4.69, 9.17) is 18.9 Å². The van der Waals surface area contributed by atoms with Gasteiger partial charge in [0.15, 0.2) is 5.96 Å². The van der Waals surface area contributed by atoms with Crippen molar-refractivity contribution in [2.75, 3.05) is 53.1 Å². The molecular formula is C18H32N4O3. The minimum Gasteiger partial charge on any atom is -0.465 e. The van der Waals surface area contributed by atoms with Crippen molar-refractivity contribution in [3.05, 3.63) is 23.7 Å². The average Bonchev–Trinajstić information content (AvgIpc) is 3.02. The Morgan fingerprint density at radius 3 is 2.72 bits per heavy atom. The largest absolute Gasteiger partial charge is 0.465 e. The fourth-order valence-electron chi connectivity index (χ4n) is 2.93. The number of aliphatic imine (C=N–C) groups is 1. The number of aryl methyl sites for hydroxylation is 1. The molecule has 2 N–H and O–H groups in total. The fraction of sp³-hybridized carbons (Fsp3) is 0.722. The highest BCUT2D eigenvalue weighted by Gasteiger charge is 2.25. The van der Waals surface area contributed by atoms with Crippen LogP contribution in [0.15, 0.2) is 21.5 Å². The van der Waals surface area contributed by atoms with Gasteiger partial charge < -0.3 is 24.5 Å². The normalized spacial score (nSPS) is 18.8. The Hall–Kier alpha value is -1.57. The first kappa shape index (κ1) is 19.8. The van der Waals surface area contributed by atoms with Gasteiger partial charge in [0, 0.05) is 32.8 Å². The van der Waals surface area contributed by atoms with Crippen molar-refractivity contribution >= 4 is 5.96 Å². The zero-order chi connectivity index (χ0) is 18.1. The van der Waals surface area contributed by atoms with Crippen molar-refractivity contribution in [1.29, 1.82) is 0 Å². The highest BCUT2D eigenvalue weighted by Crippen LogP contribution is 2.24. The van der Waals surface area contributed by atoms with E-state index in [0.29, 0.717) is 13.2 Å². The SMILES string of the molecule is CCNC(=NCC(c1ccc(C)o1)N1CCOCC1)NC(C)COC. The number of methoxy groups -OCH3 is 1. The molecule has 0 aromatic carbocycles. The standard InChI is InChI=1S/C18H32N4O3/c1-5-19-18(21-14(2)13-23-4)20-12-16(17-7-6-15(3)25-17)22-8-10-24-11-9-22/h6-7,14,16H,5,8-13H2,1-4H3,(H2,19,20,21). The van der Waals surface area contributed by atoms with E-state index in [1.807, 2.05) is 13.0 Å². The third-order valence-corrected chi connectivity index (χ3v) is 4.14. The van der Waals surface area contributed by atoms with Crippen molar-refractivity contribution in [3.63, 3.8) is 0 Å². The quantitative estimate of drug-likeness (QED) is 0.546. The first-order valence-electron chi connectivity index (χ1n) is 9.06. The van der Waals surface area contributed by atoms with E-state index >= 15 is 0 Å². The minimum atomic E-state index is 0.116. The van der Waals surface area contributed by atoms with Gasteiger partial charge in [-0.15, -0.1) is 0 Å². The number of nitrogens with zero attached hydrogens (tertiary/aromatic N) is 2. The van der Waals surface area contributed by atoms with E-state index < -0.39 is 0 Å². The number of morpholine rings is 1. The second-order valence-corrected chi connectivity index (χ2v) is 6.33. The molecule has 142 valence electrons. The average molecular weight is 352 g/mol. The Balaban J connectivity index is 2.09. The molecule has 7 nitrogen and oxygen atoms in total. The van der Waals surface area contributed by atoms with E-state index in [1.54, 1.807) is 7.11 Å². The zero-order valence-corrected chi connectivity index (χ0v) is 15.9. The van der Waals surface area contributed by atoms with Crippen LogP contribution in [0.2, 0.25) is 0 Å². The Labute approximate surface area is 150 Å². The van der Waals surface area contributed by atoms with Crippen molar-refractivity contribution < 1.29 is 13.9 Å². The maximum Gasteiger partial charge on any atom is 0.191 e. The predicted octanol–water partition coefficient (Wildman–Crippen LogP) is 1.55. The molecule has 0 aliphatic carbocycles. The highest BCUT2D eigenvalue weighted by molar-refractivity contribution is 5.80. The molecule has 1 aliphatic rings. The van der Waals surface area contributed by atoms with Crippen LogP contribution in [0.1, 0.15) is 31.4 Å². The summed E-state index contributed by atoms with van der Waals surface area (Å²) >= 11 is 0. The highest BCUT2D eigenvalue weighted by atomic mass is 16.5. The summed E-state index contributed by atoms with van der Waals surface area (Å²) in [6.07, 6.45) is 0. The predicted molar refractivity (Wildman–Crippen MR) is 99.0 cm³/mol. The van der Waals surface area contributed by atoms with Crippen LogP contribution in [0.5, 0.6) is 0 Å². The summed E-state index contributed by atoms with van der Waals surface area (Å²) in [6.45, 7) is 11.5. The fourth-order valence-corrected chi connectivity index (χ4v) is 2.93. The summed E-state index contributed by atoms with van der Waals surface area (Å²) in [4.78, 5) is 7.18. The topological polar surface area (TPSA) is 71.3 Å². The third kappa shape index (κ3) is 6.34. The molecule has 0 amide bonds. The Kier molecular flexibility index (Phi) is 8.24. The van der Waals surface area contributed by atoms with Crippen molar-refractivity contribution in [3.8, 4) is 0 Å². The van der Waals surface area contributed by atoms with Crippen LogP contribution in [0.4, 0.5) is 0 Å². The maximum atomic E-state index is 5.90. The van der Waals surface area contributed by atoms with Gasteiger partial charge in [0.1, 0.15) is 11.5 Å². The smallest absolute Gasteiger partial charge is 0.191 e. The van der Waals surface area contributed by atoms with Crippen molar-refractivity contribution in [2.24, 2.45) is 4.99 Å². The van der Waals surface area contributed by atoms with Crippen LogP contribution < -0.4 is 10.6 Å². The van der Waals surface area contributed by atoms with Gasteiger partial charge in [0.2, 0.25) is 0 Å². The molecule has 0 bridgehead atoms. The lowest BCUT2D eigenvalue weighted by Crippen LogP contribution is -2.45. The molecule has 1 aromatic heterocycles. The molecule has 2 atom stereocenters. The summed E-state index contributed by atoms with van der Waals surface area (Å²) in [6, 6.07) is 4.37. The molecule has 1 aliphatic heterocycles. The van der Waals surface area contributed by atoms with Gasteiger partial charge in [0.05, 0.1) is 32.4 Å². The molecule has 0 spiro atoms. The molecule has 7 heteroatoms. The van der Waals surface area contributed by atoms with Crippen LogP contribution >= 0.6 is 0 Å². The molecule has 2 rings (SSSR count). The van der Waals surface area contributed by atoms with E-state index in [0.717, 1.165) is 50.3 Å². The van der Waals surface area contributed by atoms with Crippen molar-refractivity contribution in [2.45, 2.75) is 32.9 Å². The number of guanidine groups is 1. The monoisotopic (exact) mass is 352 g/mol. The summed E-state index contributed by atoms with van der Waals surface area (Å²) in [5.41, 5.74) is 0. The van der Waals surface area contributed by atoms with Gasteiger partial charge in [-0.25, -0.2) is 0 Å². The number of ether oxygens (including phenoxy) is 2. The molecule has 0 radical (unpaired) electrons. The van der Waals surface area contributed by atoms with E-state index in [2.05, 4.69) is 35.4 Å². The van der Waals surface area contributed by atoms with Gasteiger partial charge in [-0.2, -0.15) is 0 Å². The van der Waals surface area contributed by atoms with Crippen LogP contribution in [0.25, 0.3) is 0 Å². The Morgan fingerprint density at radius 2 is 2.12 bits per heavy atom. The molecule has 1 fully saturated rings. The minimum absolute atomic E-state index is 0.116. The molecule has 1 aromatic rings. The lowest BCUT2D eigenvalue weighted by Gasteiger charge is -2.32. The molecule has 0 saturated carbocycles. The first-order valence-corrected chi connectivity index (χ1v) is 9.06. The first-order chi connectivity index (χ1) is 12.1. The van der Waals surface area contributed by atoms with Gasteiger partial charge >= 0.3 is 0 Å². The lowest BCUT2D eigenvalue weighted by molar-refractivity contribution is 0.0135. The second kappa shape index (κ2) is 10.4. The van der Waals surface area contributed by atoms with E-state index in [1.165, 1.54) is 0 Å². The summed E-state index contributed by atoms with van der Waals surface area (Å²) in [7, 11) is 1.70. The van der Waals surface area contributed by atoms with Crippen LogP contribution in [-0.4, -0.2) is 70.0 Å². The summed E-state index contributed by atoms with van der Waals surface area (Å²) in [5.74, 6) is 2.69. The lowest BCUT2D eigenvalue weighted by atomic mass is 10.1. The van der Waals surface area contributed by atoms with Crippen LogP contribution in [0, 0.1) is 6.92 Å². The molecular weight excluding hydrogens is 320 g/mol. The van der Waals surface area contributed by atoms with Crippen LogP contribution in [0.3, 0.4) is 0 Å². The molecule has 2 unspecified atom stereocenters. The Bertz CT molecular complexity index is 526. The van der Waals surface area contributed by atoms with Crippen molar-refractivity contribution in [1.82, 2.24) is 15.5 Å². The summed E-state index contributed by atoms with van der Waals surface area (Å²) < 4.78 is 16.6. The van der Waals surface area contributed by atoms with E-state index in [-0.39, 0.29) is 12.1 Å². The van der Waals surface area contributed by atoms with Gasteiger partial charge in [-0.05, 0) is 32.9 Å². The zero-order valence-electron chi connectivity index (χ0n) is 15.9. The second-order valence-electron chi connectivity index (χ2n) is 6.33. The van der Waals surface area contributed by atoms with Gasteiger partial charge in [-0.3, -0.25) is 9.89 Å². The van der Waals surface area contributed by atoms with Crippen LogP contribution in [-0.2, 0) is 9.47 Å². The van der Waals surface area contributed by atoms with Gasteiger partial charge in [-0.1, -0.05) is 0 Å². The number of hydrogen-bond donors (Lipinski definition) is 2. The van der Waals surface area contributed by atoms with E-state index in [9.17, 15) is 0 Å². The van der Waals surface area contributed by atoms with Gasteiger partial charge in [0.25, 0.3) is 0 Å². The summed E-state index contributed by atoms with van der Waals surface area (Å²) in [5, 5.41) is 6.67. The number of nitrogens with one attached hydrogen (secondary N) is 2. The number of rotatable bonds is 8. The molecule has 2 heterocycles. The maximum absolute atomic E-state index is 5.90. The third-order valence-electron chi connectivity index (χ3n) is 4.14. The molecule has 1 saturated heterocycles. The Morgan fingerprint density at radius 1 is 1.36 bits per heavy atom. The molecule has 25 heavy (non-hydrogen) atoms. The number of furan rings is 1. The number of hydrogen-bond acceptors (Lipinski definition) is 5.